The summed E-state index contributed by atoms with van der Waals surface area (Å²) >= 11 is 0. The fraction of sp³-hybridized carbons (Fsp3) is 0.800. The van der Waals surface area contributed by atoms with Crippen LogP contribution in [-0.2, 0) is 38.1 Å². The summed E-state index contributed by atoms with van der Waals surface area (Å²) in [7, 11) is 0. The summed E-state index contributed by atoms with van der Waals surface area (Å²) in [6.07, 6.45) is 4.74. The summed E-state index contributed by atoms with van der Waals surface area (Å²) in [5.74, 6) is -1.07. The van der Waals surface area contributed by atoms with Crippen LogP contribution in [0.15, 0.2) is 11.6 Å². The van der Waals surface area contributed by atoms with Gasteiger partial charge in [0.1, 0.15) is 17.8 Å². The van der Waals surface area contributed by atoms with Crippen molar-refractivity contribution in [2.45, 2.75) is 105 Å². The van der Waals surface area contributed by atoms with Gasteiger partial charge in [0.05, 0.1) is 19.4 Å². The Morgan fingerprint density at radius 1 is 0.921 bits per heavy atom. The number of carbonyl (C=O) groups excluding carboxylic acids is 4. The molecular formula is C30H42O8. The highest BCUT2D eigenvalue weighted by atomic mass is 16.6. The van der Waals surface area contributed by atoms with E-state index < -0.39 is 34.6 Å². The Hall–Kier alpha value is -2.38. The van der Waals surface area contributed by atoms with Gasteiger partial charge in [0.2, 0.25) is 0 Å². The summed E-state index contributed by atoms with van der Waals surface area (Å²) in [6.45, 7) is 13.8. The largest absolute Gasteiger partial charge is 0.465 e. The maximum Gasteiger partial charge on any atom is 0.310 e. The summed E-state index contributed by atoms with van der Waals surface area (Å²) < 4.78 is 23.5. The summed E-state index contributed by atoms with van der Waals surface area (Å²) in [5.41, 5.74) is -0.874. The molecular weight excluding hydrogens is 488 g/mol. The number of hydrogen-bond acceptors (Lipinski definition) is 8. The van der Waals surface area contributed by atoms with Crippen LogP contribution >= 0.6 is 0 Å². The molecule has 0 aromatic heterocycles. The summed E-state index contributed by atoms with van der Waals surface area (Å²) in [5, 5.41) is 0. The average molecular weight is 531 g/mol. The third kappa shape index (κ3) is 3.83. The Morgan fingerprint density at radius 2 is 1.58 bits per heavy atom. The van der Waals surface area contributed by atoms with E-state index in [1.165, 1.54) is 19.4 Å². The fourth-order valence-electron chi connectivity index (χ4n) is 9.84. The van der Waals surface area contributed by atoms with E-state index in [2.05, 4.69) is 26.8 Å². The minimum absolute atomic E-state index is 0.00128. The quantitative estimate of drug-likeness (QED) is 0.298. The number of allylic oxidation sites excluding steroid dienone is 1. The number of esters is 4. The molecule has 0 bridgehead atoms. The third-order valence-electron chi connectivity index (χ3n) is 11.2. The second-order valence-corrected chi connectivity index (χ2v) is 13.5. The highest BCUT2D eigenvalue weighted by molar-refractivity contribution is 5.73. The van der Waals surface area contributed by atoms with Crippen molar-refractivity contribution in [1.29, 1.82) is 0 Å². The van der Waals surface area contributed by atoms with Crippen molar-refractivity contribution in [2.24, 2.45) is 39.9 Å². The lowest BCUT2D eigenvalue weighted by molar-refractivity contribution is -0.227. The minimum Gasteiger partial charge on any atom is -0.465 e. The van der Waals surface area contributed by atoms with Gasteiger partial charge in [-0.1, -0.05) is 32.4 Å². The molecule has 9 atom stereocenters. The Labute approximate surface area is 225 Å². The molecule has 2 saturated carbocycles. The van der Waals surface area contributed by atoms with Gasteiger partial charge >= 0.3 is 23.9 Å². The van der Waals surface area contributed by atoms with Crippen molar-refractivity contribution in [3.63, 3.8) is 0 Å². The van der Waals surface area contributed by atoms with E-state index in [-0.39, 0.29) is 53.4 Å². The molecule has 2 aliphatic heterocycles. The molecule has 8 nitrogen and oxygen atoms in total. The Balaban J connectivity index is 1.64. The van der Waals surface area contributed by atoms with Gasteiger partial charge in [-0.05, 0) is 56.8 Å². The summed E-state index contributed by atoms with van der Waals surface area (Å²) in [6, 6.07) is 0. The van der Waals surface area contributed by atoms with Crippen molar-refractivity contribution in [1.82, 2.24) is 0 Å². The van der Waals surface area contributed by atoms with Gasteiger partial charge in [0.25, 0.3) is 0 Å². The van der Waals surface area contributed by atoms with E-state index in [1.54, 1.807) is 0 Å². The van der Waals surface area contributed by atoms with Crippen LogP contribution in [0, 0.1) is 39.9 Å². The normalized spacial score (nSPS) is 45.4. The SMILES string of the molecule is CC(=O)OC1CC2C(C)(C)OC(=O)CC(OC(C)=O)C2(C)C2CCC3(C)C(=CCC3C3COC(=O)C3)C12C. The van der Waals surface area contributed by atoms with Crippen LogP contribution < -0.4 is 0 Å². The molecule has 2 saturated heterocycles. The highest BCUT2D eigenvalue weighted by Crippen LogP contribution is 2.72. The van der Waals surface area contributed by atoms with E-state index in [1.807, 2.05) is 13.8 Å². The molecule has 2 heterocycles. The zero-order valence-corrected chi connectivity index (χ0v) is 23.8. The van der Waals surface area contributed by atoms with Crippen LogP contribution in [0.25, 0.3) is 0 Å². The van der Waals surface area contributed by atoms with E-state index in [4.69, 9.17) is 18.9 Å². The van der Waals surface area contributed by atoms with E-state index in [0.29, 0.717) is 19.4 Å². The molecule has 9 unspecified atom stereocenters. The second-order valence-electron chi connectivity index (χ2n) is 13.5. The zero-order chi connectivity index (χ0) is 27.8. The van der Waals surface area contributed by atoms with Gasteiger partial charge in [-0.15, -0.1) is 0 Å². The smallest absolute Gasteiger partial charge is 0.310 e. The molecule has 5 rings (SSSR count). The first-order valence-corrected chi connectivity index (χ1v) is 14.1. The van der Waals surface area contributed by atoms with Gasteiger partial charge in [-0.25, -0.2) is 0 Å². The van der Waals surface area contributed by atoms with Crippen molar-refractivity contribution < 1.29 is 38.1 Å². The Kier molecular flexibility index (Phi) is 6.31. The molecule has 0 amide bonds. The van der Waals surface area contributed by atoms with Crippen molar-refractivity contribution >= 4 is 23.9 Å². The van der Waals surface area contributed by atoms with Crippen molar-refractivity contribution in [3.05, 3.63) is 11.6 Å². The molecule has 0 aromatic rings. The van der Waals surface area contributed by atoms with Gasteiger partial charge in [0.15, 0.2) is 0 Å². The molecule has 0 N–H and O–H groups in total. The van der Waals surface area contributed by atoms with E-state index >= 15 is 0 Å². The molecule has 210 valence electrons. The van der Waals surface area contributed by atoms with Crippen LogP contribution in [0.1, 0.15) is 87.0 Å². The minimum atomic E-state index is -0.838. The molecule has 0 spiro atoms. The number of hydrogen-bond donors (Lipinski definition) is 0. The topological polar surface area (TPSA) is 105 Å². The van der Waals surface area contributed by atoms with Gasteiger partial charge < -0.3 is 18.9 Å². The molecule has 8 heteroatoms. The second kappa shape index (κ2) is 8.82. The monoisotopic (exact) mass is 530 g/mol. The highest BCUT2D eigenvalue weighted by Gasteiger charge is 2.71. The predicted octanol–water partition coefficient (Wildman–Crippen LogP) is 4.53. The van der Waals surface area contributed by atoms with Crippen LogP contribution in [-0.4, -0.2) is 48.3 Å². The van der Waals surface area contributed by atoms with Crippen LogP contribution in [0.3, 0.4) is 0 Å². The maximum atomic E-state index is 13.0. The average Bonchev–Trinajstić information content (AvgIpc) is 3.35. The number of carbonyl (C=O) groups is 4. The summed E-state index contributed by atoms with van der Waals surface area (Å²) in [4.78, 5) is 49.8. The van der Waals surface area contributed by atoms with Crippen molar-refractivity contribution in [3.8, 4) is 0 Å². The van der Waals surface area contributed by atoms with Crippen molar-refractivity contribution in [2.75, 3.05) is 6.61 Å². The molecule has 4 fully saturated rings. The zero-order valence-electron chi connectivity index (χ0n) is 23.8. The number of cyclic esters (lactones) is 2. The molecule has 5 aliphatic rings. The number of fused-ring (bicyclic) bond motifs is 5. The maximum absolute atomic E-state index is 13.0. The molecule has 0 radical (unpaired) electrons. The van der Waals surface area contributed by atoms with E-state index in [9.17, 15) is 19.2 Å². The Morgan fingerprint density at radius 3 is 2.18 bits per heavy atom. The molecule has 3 aliphatic carbocycles. The number of ether oxygens (including phenoxy) is 4. The lowest BCUT2D eigenvalue weighted by atomic mass is 9.39. The van der Waals surface area contributed by atoms with Crippen LogP contribution in [0.5, 0.6) is 0 Å². The lowest BCUT2D eigenvalue weighted by Gasteiger charge is -2.66. The predicted molar refractivity (Wildman–Crippen MR) is 136 cm³/mol. The first-order chi connectivity index (χ1) is 17.6. The molecule has 38 heavy (non-hydrogen) atoms. The van der Waals surface area contributed by atoms with E-state index in [0.717, 1.165) is 19.3 Å². The first-order valence-electron chi connectivity index (χ1n) is 14.1. The van der Waals surface area contributed by atoms with Gasteiger partial charge in [0, 0.05) is 36.5 Å². The standard InChI is InChI=1S/C30H42O8/c1-16(31)36-23-13-22-27(3,4)38-26(34)14-24(37-17(2)32)30(22,7)21-10-11-28(5)19(18-12-25(33)35-15-18)8-9-20(28)29(21,23)6/h9,18-19,21-24H,8,10-15H2,1-7H3. The van der Waals surface area contributed by atoms with Gasteiger partial charge in [-0.2, -0.15) is 0 Å². The Bertz CT molecular complexity index is 1090. The van der Waals surface area contributed by atoms with Gasteiger partial charge in [-0.3, -0.25) is 19.2 Å². The first kappa shape index (κ1) is 27.2. The third-order valence-corrected chi connectivity index (χ3v) is 11.2. The lowest BCUT2D eigenvalue weighted by Crippen LogP contribution is -2.67. The fourth-order valence-corrected chi connectivity index (χ4v) is 9.84. The van der Waals surface area contributed by atoms with Crippen LogP contribution in [0.4, 0.5) is 0 Å². The van der Waals surface area contributed by atoms with Crippen LogP contribution in [0.2, 0.25) is 0 Å². The number of rotatable bonds is 3. The molecule has 0 aromatic carbocycles.